The van der Waals surface area contributed by atoms with E-state index in [2.05, 4.69) is 6.58 Å². The van der Waals surface area contributed by atoms with E-state index in [0.29, 0.717) is 0 Å². The average molecular weight is 236 g/mol. The van der Waals surface area contributed by atoms with Crippen LogP contribution in [0.2, 0.25) is 5.02 Å². The molecule has 2 N–H and O–H groups in total. The van der Waals surface area contributed by atoms with E-state index < -0.39 is 16.8 Å². The van der Waals surface area contributed by atoms with Gasteiger partial charge in [0.2, 0.25) is 0 Å². The molecule has 0 amide bonds. The van der Waals surface area contributed by atoms with Crippen LogP contribution < -0.4 is 5.73 Å². The molecule has 0 unspecified atom stereocenters. The minimum atomic E-state index is -4.50. The monoisotopic (exact) mass is 235 g/mol. The number of hydrogen-bond acceptors (Lipinski definition) is 1. The van der Waals surface area contributed by atoms with Crippen molar-refractivity contribution < 1.29 is 13.2 Å². The van der Waals surface area contributed by atoms with E-state index >= 15 is 0 Å². The maximum absolute atomic E-state index is 12.6. The smallest absolute Gasteiger partial charge is 0.399 e. The fourth-order valence-corrected chi connectivity index (χ4v) is 1.59. The van der Waals surface area contributed by atoms with Gasteiger partial charge in [-0.25, -0.2) is 0 Å². The van der Waals surface area contributed by atoms with E-state index in [9.17, 15) is 13.2 Å². The zero-order valence-electron chi connectivity index (χ0n) is 7.95. The third-order valence-electron chi connectivity index (χ3n) is 1.86. The van der Waals surface area contributed by atoms with E-state index in [1.807, 2.05) is 0 Å². The van der Waals surface area contributed by atoms with Crippen LogP contribution >= 0.6 is 11.6 Å². The first kappa shape index (κ1) is 11.9. The summed E-state index contributed by atoms with van der Waals surface area (Å²) in [5.74, 6) is 0. The number of nitrogens with two attached hydrogens (primary N) is 1. The van der Waals surface area contributed by atoms with Crippen LogP contribution in [0, 0.1) is 0 Å². The Labute approximate surface area is 90.3 Å². The molecule has 0 fully saturated rings. The number of alkyl halides is 3. The van der Waals surface area contributed by atoms with Gasteiger partial charge in [-0.3, -0.25) is 0 Å². The molecule has 1 aromatic rings. The van der Waals surface area contributed by atoms with Crippen LogP contribution in [-0.2, 0) is 6.18 Å². The van der Waals surface area contributed by atoms with Crippen molar-refractivity contribution in [2.45, 2.75) is 13.1 Å². The lowest BCUT2D eigenvalue weighted by Gasteiger charge is -2.15. The van der Waals surface area contributed by atoms with Crippen LogP contribution in [0.25, 0.3) is 5.57 Å². The molecule has 0 aromatic heterocycles. The first-order valence-electron chi connectivity index (χ1n) is 4.05. The van der Waals surface area contributed by atoms with Crippen LogP contribution in [0.5, 0.6) is 0 Å². The summed E-state index contributed by atoms with van der Waals surface area (Å²) < 4.78 is 37.9. The molecule has 0 spiro atoms. The molecular formula is C10H9ClF3N. The molecule has 5 heteroatoms. The van der Waals surface area contributed by atoms with Gasteiger partial charge in [-0.2, -0.15) is 13.2 Å². The van der Waals surface area contributed by atoms with Gasteiger partial charge >= 0.3 is 6.18 Å². The van der Waals surface area contributed by atoms with Gasteiger partial charge in [-0.1, -0.05) is 23.8 Å². The van der Waals surface area contributed by atoms with Crippen molar-refractivity contribution >= 4 is 22.9 Å². The van der Waals surface area contributed by atoms with Gasteiger partial charge in [0.1, 0.15) is 0 Å². The molecule has 1 nitrogen and oxygen atoms in total. The van der Waals surface area contributed by atoms with Gasteiger partial charge < -0.3 is 5.73 Å². The molecule has 15 heavy (non-hydrogen) atoms. The molecule has 0 saturated carbocycles. The zero-order valence-corrected chi connectivity index (χ0v) is 8.71. The van der Waals surface area contributed by atoms with E-state index in [-0.39, 0.29) is 16.8 Å². The van der Waals surface area contributed by atoms with E-state index in [4.69, 9.17) is 17.3 Å². The van der Waals surface area contributed by atoms with Crippen LogP contribution in [0.15, 0.2) is 18.7 Å². The Morgan fingerprint density at radius 1 is 1.40 bits per heavy atom. The van der Waals surface area contributed by atoms with Crippen molar-refractivity contribution in [1.82, 2.24) is 0 Å². The van der Waals surface area contributed by atoms with Gasteiger partial charge in [0.15, 0.2) is 0 Å². The maximum Gasteiger partial charge on any atom is 0.418 e. The van der Waals surface area contributed by atoms with Gasteiger partial charge in [-0.15, -0.1) is 0 Å². The molecule has 0 atom stereocenters. The largest absolute Gasteiger partial charge is 0.418 e. The van der Waals surface area contributed by atoms with Crippen molar-refractivity contribution in [1.29, 1.82) is 0 Å². The highest BCUT2D eigenvalue weighted by Crippen LogP contribution is 2.40. The number of anilines is 1. The fourth-order valence-electron chi connectivity index (χ4n) is 1.25. The maximum atomic E-state index is 12.6. The summed E-state index contributed by atoms with van der Waals surface area (Å²) >= 11 is 5.52. The molecule has 82 valence electrons. The minimum absolute atomic E-state index is 0.0625. The van der Waals surface area contributed by atoms with Gasteiger partial charge in [0.25, 0.3) is 0 Å². The Balaban J connectivity index is 3.55. The first-order chi connectivity index (χ1) is 6.73. The van der Waals surface area contributed by atoms with Crippen LogP contribution in [0.4, 0.5) is 18.9 Å². The SMILES string of the molecule is C=C(C)c1cc(N)cc(Cl)c1C(F)(F)F. The second-order valence-corrected chi connectivity index (χ2v) is 3.61. The Kier molecular flexibility index (Phi) is 3.00. The topological polar surface area (TPSA) is 26.0 Å². The highest BCUT2D eigenvalue weighted by molar-refractivity contribution is 6.32. The number of rotatable bonds is 1. The molecular weight excluding hydrogens is 227 g/mol. The van der Waals surface area contributed by atoms with Crippen molar-refractivity contribution in [3.05, 3.63) is 34.9 Å². The molecule has 0 heterocycles. The Morgan fingerprint density at radius 3 is 2.33 bits per heavy atom. The average Bonchev–Trinajstić information content (AvgIpc) is 1.99. The lowest BCUT2D eigenvalue weighted by atomic mass is 10.0. The summed E-state index contributed by atoms with van der Waals surface area (Å²) in [4.78, 5) is 0. The van der Waals surface area contributed by atoms with Gasteiger partial charge in [0, 0.05) is 5.69 Å². The van der Waals surface area contributed by atoms with Gasteiger partial charge in [-0.05, 0) is 24.6 Å². The predicted molar refractivity (Wildman–Crippen MR) is 55.6 cm³/mol. The third kappa shape index (κ3) is 2.45. The quantitative estimate of drug-likeness (QED) is 0.733. The van der Waals surface area contributed by atoms with Crippen molar-refractivity contribution in [3.63, 3.8) is 0 Å². The Bertz CT molecular complexity index is 410. The van der Waals surface area contributed by atoms with Crippen molar-refractivity contribution in [3.8, 4) is 0 Å². The molecule has 0 saturated heterocycles. The molecule has 0 bridgehead atoms. The Hall–Kier alpha value is -1.16. The standard InChI is InChI=1S/C10H9ClF3N/c1-5(2)7-3-6(15)4-8(11)9(7)10(12,13)14/h3-4H,1,15H2,2H3. The Morgan fingerprint density at radius 2 is 1.93 bits per heavy atom. The number of allylic oxidation sites excluding steroid dienone is 1. The fraction of sp³-hybridized carbons (Fsp3) is 0.200. The number of hydrogen-bond donors (Lipinski definition) is 1. The molecule has 0 aliphatic heterocycles. The highest BCUT2D eigenvalue weighted by Gasteiger charge is 2.36. The molecule has 0 radical (unpaired) electrons. The lowest BCUT2D eigenvalue weighted by Crippen LogP contribution is -2.10. The summed E-state index contributed by atoms with van der Waals surface area (Å²) in [6.07, 6.45) is -4.50. The highest BCUT2D eigenvalue weighted by atomic mass is 35.5. The van der Waals surface area contributed by atoms with Crippen LogP contribution in [-0.4, -0.2) is 0 Å². The summed E-state index contributed by atoms with van der Waals surface area (Å²) in [6.45, 7) is 4.94. The number of benzene rings is 1. The van der Waals surface area contributed by atoms with Gasteiger partial charge in [0.05, 0.1) is 10.6 Å². The second kappa shape index (κ2) is 3.77. The van der Waals surface area contributed by atoms with E-state index in [1.165, 1.54) is 13.0 Å². The molecule has 1 rings (SSSR count). The summed E-state index contributed by atoms with van der Waals surface area (Å²) in [5, 5.41) is -0.402. The van der Waals surface area contributed by atoms with Crippen LogP contribution in [0.3, 0.4) is 0 Å². The number of halogens is 4. The predicted octanol–water partition coefficient (Wildman–Crippen LogP) is 3.97. The van der Waals surface area contributed by atoms with E-state index in [1.54, 1.807) is 0 Å². The molecule has 0 aliphatic carbocycles. The summed E-state index contributed by atoms with van der Waals surface area (Å²) in [5.41, 5.74) is 4.93. The lowest BCUT2D eigenvalue weighted by molar-refractivity contribution is -0.137. The van der Waals surface area contributed by atoms with E-state index in [0.717, 1.165) is 6.07 Å². The molecule has 0 aliphatic rings. The van der Waals surface area contributed by atoms with Crippen molar-refractivity contribution in [2.75, 3.05) is 5.73 Å². The number of nitrogen functional groups attached to an aromatic ring is 1. The van der Waals surface area contributed by atoms with Crippen molar-refractivity contribution in [2.24, 2.45) is 0 Å². The second-order valence-electron chi connectivity index (χ2n) is 3.20. The van der Waals surface area contributed by atoms with Crippen LogP contribution in [0.1, 0.15) is 18.1 Å². The normalized spacial score (nSPS) is 11.5. The summed E-state index contributed by atoms with van der Waals surface area (Å²) in [6, 6.07) is 2.30. The third-order valence-corrected chi connectivity index (χ3v) is 2.15. The zero-order chi connectivity index (χ0) is 11.8. The first-order valence-corrected chi connectivity index (χ1v) is 4.43. The summed E-state index contributed by atoms with van der Waals surface area (Å²) in [7, 11) is 0. The minimum Gasteiger partial charge on any atom is -0.399 e. The molecule has 1 aromatic carbocycles.